The first kappa shape index (κ1) is 20.6. The van der Waals surface area contributed by atoms with E-state index in [9.17, 15) is 18.0 Å². The summed E-state index contributed by atoms with van der Waals surface area (Å²) in [5.41, 5.74) is 0. The van der Waals surface area contributed by atoms with Gasteiger partial charge in [-0.1, -0.05) is 19.4 Å². The minimum atomic E-state index is -3.25. The number of sulfonamides is 1. The molecule has 1 amide bonds. The molecule has 1 atom stereocenters. The zero-order chi connectivity index (χ0) is 18.2. The van der Waals surface area contributed by atoms with Crippen molar-refractivity contribution in [2.24, 2.45) is 5.92 Å². The first-order valence-electron chi connectivity index (χ1n) is 8.43. The van der Waals surface area contributed by atoms with Crippen molar-refractivity contribution in [2.75, 3.05) is 18.8 Å². The number of carboxylic acid groups (broad SMARTS) is 1. The maximum absolute atomic E-state index is 12.2. The number of allylic oxidation sites excluding steroid dienone is 1. The lowest BCUT2D eigenvalue weighted by Gasteiger charge is -2.31. The summed E-state index contributed by atoms with van der Waals surface area (Å²) in [6.45, 7) is 6.12. The summed E-state index contributed by atoms with van der Waals surface area (Å²) >= 11 is 0. The largest absolute Gasteiger partial charge is 0.480 e. The molecular formula is C16H28N2O5S. The lowest BCUT2D eigenvalue weighted by atomic mass is 9.96. The maximum atomic E-state index is 12.2. The zero-order valence-electron chi connectivity index (χ0n) is 14.2. The Morgan fingerprint density at radius 3 is 2.50 bits per heavy atom. The molecule has 0 saturated carbocycles. The Hall–Kier alpha value is -1.41. The number of piperidine rings is 1. The third kappa shape index (κ3) is 6.24. The van der Waals surface area contributed by atoms with Gasteiger partial charge in [0.15, 0.2) is 0 Å². The molecule has 0 aromatic rings. The number of carbonyl (C=O) groups excluding carboxylic acids is 1. The fourth-order valence-corrected chi connectivity index (χ4v) is 4.36. The molecule has 2 N–H and O–H groups in total. The van der Waals surface area contributed by atoms with E-state index < -0.39 is 22.0 Å². The molecule has 1 rings (SSSR count). The Balaban J connectivity index is 2.53. The number of aliphatic carboxylic acids is 1. The van der Waals surface area contributed by atoms with Gasteiger partial charge in [-0.05, 0) is 32.1 Å². The molecule has 1 aliphatic rings. The van der Waals surface area contributed by atoms with Crippen LogP contribution in [0.4, 0.5) is 0 Å². The van der Waals surface area contributed by atoms with Gasteiger partial charge in [0.25, 0.3) is 0 Å². The summed E-state index contributed by atoms with van der Waals surface area (Å²) in [5, 5.41) is 11.7. The van der Waals surface area contributed by atoms with Gasteiger partial charge in [0.05, 0.1) is 5.75 Å². The number of nitrogens with one attached hydrogen (secondary N) is 1. The van der Waals surface area contributed by atoms with E-state index in [-0.39, 0.29) is 17.6 Å². The second kappa shape index (κ2) is 9.78. The summed E-state index contributed by atoms with van der Waals surface area (Å²) in [7, 11) is -3.25. The van der Waals surface area contributed by atoms with Crippen molar-refractivity contribution in [3.05, 3.63) is 12.7 Å². The topological polar surface area (TPSA) is 104 Å². The van der Waals surface area contributed by atoms with E-state index in [0.29, 0.717) is 45.2 Å². The highest BCUT2D eigenvalue weighted by atomic mass is 32.2. The Morgan fingerprint density at radius 2 is 2.00 bits per heavy atom. The number of carbonyl (C=O) groups is 2. The van der Waals surface area contributed by atoms with Gasteiger partial charge in [0.2, 0.25) is 15.9 Å². The SMILES string of the molecule is C=CCCC(NC(=O)C1CCN(S(=O)(=O)CCCC)CC1)C(=O)O. The first-order chi connectivity index (χ1) is 11.3. The van der Waals surface area contributed by atoms with Gasteiger partial charge in [-0.3, -0.25) is 4.79 Å². The Bertz CT molecular complexity index is 539. The predicted octanol–water partition coefficient (Wildman–Crippen LogP) is 1.36. The van der Waals surface area contributed by atoms with Gasteiger partial charge in [0.1, 0.15) is 6.04 Å². The zero-order valence-corrected chi connectivity index (χ0v) is 15.1. The van der Waals surface area contributed by atoms with Crippen molar-refractivity contribution in [3.63, 3.8) is 0 Å². The fourth-order valence-electron chi connectivity index (χ4n) is 2.68. The monoisotopic (exact) mass is 360 g/mol. The van der Waals surface area contributed by atoms with Crippen LogP contribution in [0.25, 0.3) is 0 Å². The van der Waals surface area contributed by atoms with Crippen LogP contribution in [-0.2, 0) is 19.6 Å². The van der Waals surface area contributed by atoms with E-state index in [0.717, 1.165) is 6.42 Å². The summed E-state index contributed by atoms with van der Waals surface area (Å²) < 4.78 is 25.7. The average molecular weight is 360 g/mol. The Labute approximate surface area is 144 Å². The van der Waals surface area contributed by atoms with Crippen molar-refractivity contribution in [3.8, 4) is 0 Å². The average Bonchev–Trinajstić information content (AvgIpc) is 2.56. The molecule has 7 nitrogen and oxygen atoms in total. The number of amides is 1. The molecule has 1 fully saturated rings. The molecule has 1 heterocycles. The van der Waals surface area contributed by atoms with E-state index in [1.807, 2.05) is 6.92 Å². The number of unbranched alkanes of at least 4 members (excludes halogenated alkanes) is 1. The maximum Gasteiger partial charge on any atom is 0.326 e. The van der Waals surface area contributed by atoms with Crippen LogP contribution in [0.3, 0.4) is 0 Å². The van der Waals surface area contributed by atoms with Crippen LogP contribution in [0.2, 0.25) is 0 Å². The third-order valence-corrected chi connectivity index (χ3v) is 6.20. The lowest BCUT2D eigenvalue weighted by molar-refractivity contribution is -0.142. The number of carboxylic acids is 1. The molecule has 8 heteroatoms. The molecule has 138 valence electrons. The van der Waals surface area contributed by atoms with Crippen LogP contribution in [-0.4, -0.2) is 54.6 Å². The van der Waals surface area contributed by atoms with Crippen LogP contribution in [0, 0.1) is 5.92 Å². The van der Waals surface area contributed by atoms with E-state index in [1.54, 1.807) is 6.08 Å². The molecule has 0 bridgehead atoms. The first-order valence-corrected chi connectivity index (χ1v) is 10.0. The van der Waals surface area contributed by atoms with Crippen molar-refractivity contribution < 1.29 is 23.1 Å². The van der Waals surface area contributed by atoms with Gasteiger partial charge in [-0.15, -0.1) is 6.58 Å². The highest BCUT2D eigenvalue weighted by molar-refractivity contribution is 7.89. The molecule has 1 unspecified atom stereocenters. The Morgan fingerprint density at radius 1 is 1.38 bits per heavy atom. The number of nitrogens with zero attached hydrogens (tertiary/aromatic N) is 1. The van der Waals surface area contributed by atoms with Gasteiger partial charge in [0, 0.05) is 19.0 Å². The van der Waals surface area contributed by atoms with E-state index in [2.05, 4.69) is 11.9 Å². The molecular weight excluding hydrogens is 332 g/mol. The van der Waals surface area contributed by atoms with Crippen LogP contribution in [0.15, 0.2) is 12.7 Å². The normalized spacial score (nSPS) is 18.0. The van der Waals surface area contributed by atoms with Crippen molar-refractivity contribution >= 4 is 21.9 Å². The highest BCUT2D eigenvalue weighted by Crippen LogP contribution is 2.21. The second-order valence-electron chi connectivity index (χ2n) is 6.11. The van der Waals surface area contributed by atoms with Crippen molar-refractivity contribution in [2.45, 2.75) is 51.5 Å². The molecule has 0 spiro atoms. The molecule has 1 aliphatic heterocycles. The third-order valence-electron chi connectivity index (χ3n) is 4.25. The van der Waals surface area contributed by atoms with Crippen LogP contribution >= 0.6 is 0 Å². The second-order valence-corrected chi connectivity index (χ2v) is 8.20. The minimum absolute atomic E-state index is 0.142. The minimum Gasteiger partial charge on any atom is -0.480 e. The van der Waals surface area contributed by atoms with Gasteiger partial charge in [-0.2, -0.15) is 0 Å². The summed E-state index contributed by atoms with van der Waals surface area (Å²) in [6, 6.07) is -0.929. The molecule has 24 heavy (non-hydrogen) atoms. The van der Waals surface area contributed by atoms with E-state index >= 15 is 0 Å². The molecule has 0 aromatic carbocycles. The number of hydrogen-bond donors (Lipinski definition) is 2. The molecule has 0 aromatic heterocycles. The van der Waals surface area contributed by atoms with Gasteiger partial charge >= 0.3 is 5.97 Å². The van der Waals surface area contributed by atoms with Crippen LogP contribution in [0.5, 0.6) is 0 Å². The summed E-state index contributed by atoms with van der Waals surface area (Å²) in [4.78, 5) is 23.4. The number of rotatable bonds is 10. The quantitative estimate of drug-likeness (QED) is 0.573. The van der Waals surface area contributed by atoms with Crippen molar-refractivity contribution in [1.29, 1.82) is 0 Å². The van der Waals surface area contributed by atoms with Crippen LogP contribution in [0.1, 0.15) is 45.4 Å². The van der Waals surface area contributed by atoms with E-state index in [4.69, 9.17) is 5.11 Å². The standard InChI is InChI=1S/C16H28N2O5S/c1-3-5-7-14(16(20)21)17-15(19)13-8-10-18(11-9-13)24(22,23)12-6-4-2/h3,13-14H,1,4-12H2,2H3,(H,17,19)(H,20,21). The molecule has 0 radical (unpaired) electrons. The fraction of sp³-hybridized carbons (Fsp3) is 0.750. The predicted molar refractivity (Wildman–Crippen MR) is 92.0 cm³/mol. The van der Waals surface area contributed by atoms with Gasteiger partial charge < -0.3 is 10.4 Å². The molecule has 1 saturated heterocycles. The Kier molecular flexibility index (Phi) is 8.41. The molecule has 0 aliphatic carbocycles. The highest BCUT2D eigenvalue weighted by Gasteiger charge is 2.32. The smallest absolute Gasteiger partial charge is 0.326 e. The summed E-state index contributed by atoms with van der Waals surface area (Å²) in [6.07, 6.45) is 4.71. The number of hydrogen-bond acceptors (Lipinski definition) is 4. The van der Waals surface area contributed by atoms with Crippen LogP contribution < -0.4 is 5.32 Å². The van der Waals surface area contributed by atoms with Crippen molar-refractivity contribution in [1.82, 2.24) is 9.62 Å². The van der Waals surface area contributed by atoms with E-state index in [1.165, 1.54) is 4.31 Å². The summed E-state index contributed by atoms with van der Waals surface area (Å²) in [5.74, 6) is -1.57. The lowest BCUT2D eigenvalue weighted by Crippen LogP contribution is -2.47. The van der Waals surface area contributed by atoms with Gasteiger partial charge in [-0.25, -0.2) is 17.5 Å².